The van der Waals surface area contributed by atoms with Crippen LogP contribution in [-0.4, -0.2) is 17.2 Å². The number of nitrogens with zero attached hydrogens (tertiary/aromatic N) is 1. The van der Waals surface area contributed by atoms with Crippen molar-refractivity contribution in [2.45, 2.75) is 51.6 Å². The van der Waals surface area contributed by atoms with Gasteiger partial charge in [0.05, 0.1) is 0 Å². The second kappa shape index (κ2) is 7.89. The van der Waals surface area contributed by atoms with E-state index in [-0.39, 0.29) is 0 Å². The number of rotatable bonds is 5. The van der Waals surface area contributed by atoms with Gasteiger partial charge in [0.1, 0.15) is 0 Å². The fraction of sp³-hybridized carbons (Fsp3) is 0.435. The molecule has 2 saturated carbocycles. The van der Waals surface area contributed by atoms with Crippen LogP contribution < -0.4 is 15.5 Å². The van der Waals surface area contributed by atoms with E-state index in [0.717, 1.165) is 22.6 Å². The Morgan fingerprint density at radius 1 is 0.963 bits per heavy atom. The van der Waals surface area contributed by atoms with Gasteiger partial charge in [0.25, 0.3) is 0 Å². The Morgan fingerprint density at radius 2 is 1.67 bits per heavy atom. The van der Waals surface area contributed by atoms with Crippen LogP contribution in [0.25, 0.3) is 0 Å². The second-order valence-electron chi connectivity index (χ2n) is 8.23. The first-order chi connectivity index (χ1) is 13.1. The largest absolute Gasteiger partial charge is 0.359 e. The number of nitrogens with one attached hydrogen (secondary N) is 2. The van der Waals surface area contributed by atoms with Gasteiger partial charge in [-0.2, -0.15) is 0 Å². The fourth-order valence-corrected chi connectivity index (χ4v) is 5.07. The van der Waals surface area contributed by atoms with Crippen LogP contribution in [0.1, 0.15) is 39.5 Å². The Bertz CT molecular complexity index is 772. The maximum Gasteiger partial charge on any atom is 0.171 e. The molecule has 0 aromatic heterocycles. The predicted octanol–water partition coefficient (Wildman–Crippen LogP) is 5.71. The molecule has 2 aliphatic rings. The normalized spacial score (nSPS) is 23.4. The number of fused-ring (bicyclic) bond motifs is 2. The summed E-state index contributed by atoms with van der Waals surface area (Å²) in [6, 6.07) is 20.0. The van der Waals surface area contributed by atoms with Gasteiger partial charge in [-0.15, -0.1) is 0 Å². The molecule has 3 atom stereocenters. The van der Waals surface area contributed by atoms with E-state index in [1.54, 1.807) is 0 Å². The van der Waals surface area contributed by atoms with E-state index >= 15 is 0 Å². The summed E-state index contributed by atoms with van der Waals surface area (Å²) in [5.74, 6) is 1.75. The van der Waals surface area contributed by atoms with E-state index in [2.05, 4.69) is 84.0 Å². The van der Waals surface area contributed by atoms with Crippen molar-refractivity contribution in [3.8, 4) is 0 Å². The van der Waals surface area contributed by atoms with Gasteiger partial charge in [-0.3, -0.25) is 0 Å². The summed E-state index contributed by atoms with van der Waals surface area (Å²) in [6.07, 6.45) is 5.45. The molecule has 2 aromatic carbocycles. The topological polar surface area (TPSA) is 27.3 Å². The third-order valence-corrected chi connectivity index (χ3v) is 6.23. The number of thiocarbonyl (C=S) groups is 1. The molecule has 3 nitrogen and oxygen atoms in total. The zero-order valence-electron chi connectivity index (χ0n) is 16.2. The summed E-state index contributed by atoms with van der Waals surface area (Å²) < 4.78 is 0. The average Bonchev–Trinajstić information content (AvgIpc) is 3.27. The van der Waals surface area contributed by atoms with Crippen molar-refractivity contribution in [1.29, 1.82) is 0 Å². The van der Waals surface area contributed by atoms with Gasteiger partial charge in [-0.1, -0.05) is 24.6 Å². The molecule has 2 aromatic rings. The Labute approximate surface area is 168 Å². The minimum atomic E-state index is 0.381. The first kappa shape index (κ1) is 18.3. The van der Waals surface area contributed by atoms with Gasteiger partial charge in [-0.25, -0.2) is 0 Å². The molecule has 2 aliphatic carbocycles. The highest BCUT2D eigenvalue weighted by molar-refractivity contribution is 7.80. The summed E-state index contributed by atoms with van der Waals surface area (Å²) in [5, 5.41) is 7.67. The molecule has 2 bridgehead atoms. The fourth-order valence-electron chi connectivity index (χ4n) is 4.80. The summed E-state index contributed by atoms with van der Waals surface area (Å²) in [5.41, 5.74) is 3.44. The van der Waals surface area contributed by atoms with Crippen molar-refractivity contribution in [3.63, 3.8) is 0 Å². The van der Waals surface area contributed by atoms with E-state index < -0.39 is 0 Å². The maximum absolute atomic E-state index is 5.56. The zero-order chi connectivity index (χ0) is 18.8. The molecular formula is C23H29N3S. The Morgan fingerprint density at radius 3 is 2.26 bits per heavy atom. The summed E-state index contributed by atoms with van der Waals surface area (Å²) in [6.45, 7) is 4.43. The van der Waals surface area contributed by atoms with Gasteiger partial charge in [0.2, 0.25) is 0 Å². The molecule has 0 spiro atoms. The van der Waals surface area contributed by atoms with Crippen molar-refractivity contribution in [2.75, 3.05) is 10.2 Å². The van der Waals surface area contributed by atoms with Gasteiger partial charge >= 0.3 is 0 Å². The number of benzene rings is 2. The number of anilines is 3. The van der Waals surface area contributed by atoms with Crippen molar-refractivity contribution in [1.82, 2.24) is 5.32 Å². The van der Waals surface area contributed by atoms with Crippen LogP contribution in [0.3, 0.4) is 0 Å². The molecule has 4 heteroatoms. The quantitative estimate of drug-likeness (QED) is 0.651. The number of hydrogen-bond donors (Lipinski definition) is 2. The smallest absolute Gasteiger partial charge is 0.171 e. The van der Waals surface area contributed by atoms with Crippen LogP contribution in [0.4, 0.5) is 17.1 Å². The van der Waals surface area contributed by atoms with Crippen LogP contribution in [-0.2, 0) is 0 Å². The molecule has 142 valence electrons. The lowest BCUT2D eigenvalue weighted by molar-refractivity contribution is 0.392. The lowest BCUT2D eigenvalue weighted by Crippen LogP contribution is -2.40. The molecule has 2 fully saturated rings. The van der Waals surface area contributed by atoms with Gasteiger partial charge in [0.15, 0.2) is 5.11 Å². The first-order valence-corrected chi connectivity index (χ1v) is 10.5. The molecule has 0 aliphatic heterocycles. The van der Waals surface area contributed by atoms with Crippen LogP contribution in [0, 0.1) is 11.8 Å². The number of hydrogen-bond acceptors (Lipinski definition) is 2. The predicted molar refractivity (Wildman–Crippen MR) is 119 cm³/mol. The first-order valence-electron chi connectivity index (χ1n) is 10.1. The minimum Gasteiger partial charge on any atom is -0.359 e. The zero-order valence-corrected chi connectivity index (χ0v) is 17.0. The van der Waals surface area contributed by atoms with E-state index in [0.29, 0.717) is 12.1 Å². The average molecular weight is 380 g/mol. The highest BCUT2D eigenvalue weighted by atomic mass is 32.1. The van der Waals surface area contributed by atoms with Crippen LogP contribution in [0.2, 0.25) is 0 Å². The molecule has 4 rings (SSSR count). The van der Waals surface area contributed by atoms with E-state index in [9.17, 15) is 0 Å². The standard InChI is InChI=1S/C23H29N3S/c1-16(2)26(20-6-4-3-5-7-20)21-12-10-19(11-13-21)24-23(27)25-22-15-17-8-9-18(22)14-17/h3-7,10-13,16-18,22H,8-9,14-15H2,1-2H3,(H2,24,25,27)/t17-,18-,22-/m1/s1. The summed E-state index contributed by atoms with van der Waals surface area (Å²) in [4.78, 5) is 2.34. The van der Waals surface area contributed by atoms with Crippen LogP contribution in [0.15, 0.2) is 54.6 Å². The van der Waals surface area contributed by atoms with Crippen molar-refractivity contribution >= 4 is 34.4 Å². The van der Waals surface area contributed by atoms with Crippen molar-refractivity contribution in [3.05, 3.63) is 54.6 Å². The molecule has 0 radical (unpaired) electrons. The lowest BCUT2D eigenvalue weighted by atomic mass is 9.96. The number of para-hydroxylation sites is 1. The maximum atomic E-state index is 5.56. The third-order valence-electron chi connectivity index (χ3n) is 6.01. The van der Waals surface area contributed by atoms with E-state index in [4.69, 9.17) is 12.2 Å². The summed E-state index contributed by atoms with van der Waals surface area (Å²) in [7, 11) is 0. The van der Waals surface area contributed by atoms with Crippen LogP contribution >= 0.6 is 12.2 Å². The molecule has 0 amide bonds. The Balaban J connectivity index is 1.40. The van der Waals surface area contributed by atoms with E-state index in [1.165, 1.54) is 37.1 Å². The monoisotopic (exact) mass is 379 g/mol. The Kier molecular flexibility index (Phi) is 5.35. The highest BCUT2D eigenvalue weighted by Crippen LogP contribution is 2.44. The molecular weight excluding hydrogens is 350 g/mol. The molecule has 0 heterocycles. The Hall–Kier alpha value is -2.07. The molecule has 2 N–H and O–H groups in total. The minimum absolute atomic E-state index is 0.381. The highest BCUT2D eigenvalue weighted by Gasteiger charge is 2.39. The second-order valence-corrected chi connectivity index (χ2v) is 8.63. The van der Waals surface area contributed by atoms with Gasteiger partial charge < -0.3 is 15.5 Å². The summed E-state index contributed by atoms with van der Waals surface area (Å²) >= 11 is 5.56. The van der Waals surface area contributed by atoms with Crippen molar-refractivity contribution < 1.29 is 0 Å². The van der Waals surface area contributed by atoms with E-state index in [1.807, 2.05) is 0 Å². The third kappa shape index (κ3) is 4.11. The molecule has 0 unspecified atom stereocenters. The van der Waals surface area contributed by atoms with Gasteiger partial charge in [-0.05, 0) is 93.6 Å². The van der Waals surface area contributed by atoms with Crippen molar-refractivity contribution in [2.24, 2.45) is 11.8 Å². The van der Waals surface area contributed by atoms with Crippen LogP contribution in [0.5, 0.6) is 0 Å². The SMILES string of the molecule is CC(C)N(c1ccccc1)c1ccc(NC(=S)N[C@@H]2C[C@@H]3CC[C@@H]2C3)cc1. The molecule has 0 saturated heterocycles. The van der Waals surface area contributed by atoms with Gasteiger partial charge in [0, 0.05) is 29.1 Å². The molecule has 27 heavy (non-hydrogen) atoms. The lowest BCUT2D eigenvalue weighted by Gasteiger charge is -2.29.